The Hall–Kier alpha value is -1.44. The van der Waals surface area contributed by atoms with Gasteiger partial charge in [-0.3, -0.25) is 9.98 Å². The number of hydrogen-bond acceptors (Lipinski definition) is 2. The summed E-state index contributed by atoms with van der Waals surface area (Å²) in [6.07, 6.45) is 6.79. The van der Waals surface area contributed by atoms with E-state index in [1.165, 1.54) is 0 Å². The summed E-state index contributed by atoms with van der Waals surface area (Å²) in [7, 11) is 0. The molecule has 1 aromatic heterocycles. The molecule has 1 aromatic rings. The van der Waals surface area contributed by atoms with Crippen molar-refractivity contribution in [3.8, 4) is 0 Å². The second kappa shape index (κ2) is 3.37. The van der Waals surface area contributed by atoms with E-state index in [1.807, 2.05) is 30.6 Å². The lowest BCUT2D eigenvalue weighted by atomic mass is 9.85. The van der Waals surface area contributed by atoms with Gasteiger partial charge in [-0.25, -0.2) is 0 Å². The summed E-state index contributed by atoms with van der Waals surface area (Å²) in [5.41, 5.74) is 2.28. The van der Waals surface area contributed by atoms with Gasteiger partial charge in [0.25, 0.3) is 0 Å². The molecule has 0 fully saturated rings. The van der Waals surface area contributed by atoms with Crippen molar-refractivity contribution in [2.75, 3.05) is 0 Å². The molecule has 2 heteroatoms. The topological polar surface area (TPSA) is 25.2 Å². The van der Waals surface area contributed by atoms with E-state index >= 15 is 0 Å². The van der Waals surface area contributed by atoms with Crippen molar-refractivity contribution >= 4 is 5.71 Å². The highest BCUT2D eigenvalue weighted by atomic mass is 14.8. The fourth-order valence-corrected chi connectivity index (χ4v) is 1.56. The van der Waals surface area contributed by atoms with E-state index in [4.69, 9.17) is 0 Å². The Morgan fingerprint density at radius 2 is 2.14 bits per heavy atom. The molecule has 0 amide bonds. The monoisotopic (exact) mass is 186 g/mol. The SMILES string of the molecule is CC1(C)C=CN=C(c2ccccn2)C1. The third-order valence-corrected chi connectivity index (χ3v) is 2.34. The number of allylic oxidation sites excluding steroid dienone is 1. The minimum atomic E-state index is 0.203. The number of aliphatic imine (C=N–C) groups is 1. The summed E-state index contributed by atoms with van der Waals surface area (Å²) in [6, 6.07) is 5.93. The third kappa shape index (κ3) is 1.90. The third-order valence-electron chi connectivity index (χ3n) is 2.34. The van der Waals surface area contributed by atoms with Gasteiger partial charge in [-0.1, -0.05) is 26.0 Å². The molecular formula is C12H14N2. The second-order valence-corrected chi connectivity index (χ2v) is 4.27. The smallest absolute Gasteiger partial charge is 0.0844 e. The molecule has 2 rings (SSSR count). The lowest BCUT2D eigenvalue weighted by Gasteiger charge is -2.23. The van der Waals surface area contributed by atoms with Crippen LogP contribution < -0.4 is 0 Å². The van der Waals surface area contributed by atoms with Crippen molar-refractivity contribution in [1.29, 1.82) is 0 Å². The first kappa shape index (κ1) is 9.13. The van der Waals surface area contributed by atoms with E-state index in [0.29, 0.717) is 0 Å². The molecule has 0 spiro atoms. The van der Waals surface area contributed by atoms with Crippen molar-refractivity contribution in [3.05, 3.63) is 42.4 Å². The normalized spacial score (nSPS) is 19.1. The number of aromatic nitrogens is 1. The Morgan fingerprint density at radius 1 is 1.29 bits per heavy atom. The van der Waals surface area contributed by atoms with Crippen molar-refractivity contribution in [3.63, 3.8) is 0 Å². The molecule has 0 radical (unpaired) electrons. The molecule has 0 atom stereocenters. The van der Waals surface area contributed by atoms with Gasteiger partial charge in [0.05, 0.1) is 11.4 Å². The van der Waals surface area contributed by atoms with Gasteiger partial charge >= 0.3 is 0 Å². The fourth-order valence-electron chi connectivity index (χ4n) is 1.56. The van der Waals surface area contributed by atoms with Crippen LogP contribution >= 0.6 is 0 Å². The van der Waals surface area contributed by atoms with Crippen molar-refractivity contribution < 1.29 is 0 Å². The highest BCUT2D eigenvalue weighted by Gasteiger charge is 2.21. The van der Waals surface area contributed by atoms with Crippen LogP contribution in [0.25, 0.3) is 0 Å². The van der Waals surface area contributed by atoms with Crippen LogP contribution in [-0.4, -0.2) is 10.7 Å². The molecule has 0 saturated heterocycles. The van der Waals surface area contributed by atoms with Gasteiger partial charge in [0.1, 0.15) is 0 Å². The van der Waals surface area contributed by atoms with Gasteiger partial charge in [0.2, 0.25) is 0 Å². The van der Waals surface area contributed by atoms with E-state index in [-0.39, 0.29) is 5.41 Å². The number of pyridine rings is 1. The quantitative estimate of drug-likeness (QED) is 0.662. The number of hydrogen-bond donors (Lipinski definition) is 0. The van der Waals surface area contributed by atoms with Gasteiger partial charge in [-0.05, 0) is 17.5 Å². The zero-order chi connectivity index (χ0) is 10.0. The number of rotatable bonds is 1. The highest BCUT2D eigenvalue weighted by Crippen LogP contribution is 2.27. The average molecular weight is 186 g/mol. The molecule has 72 valence electrons. The molecule has 0 aliphatic carbocycles. The van der Waals surface area contributed by atoms with Gasteiger partial charge in [-0.2, -0.15) is 0 Å². The minimum Gasteiger partial charge on any atom is -0.259 e. The Labute approximate surface area is 84.4 Å². The molecule has 0 N–H and O–H groups in total. The predicted octanol–water partition coefficient (Wildman–Crippen LogP) is 2.81. The molecule has 0 aromatic carbocycles. The van der Waals surface area contributed by atoms with Gasteiger partial charge in [-0.15, -0.1) is 0 Å². The number of nitrogens with zero attached hydrogens (tertiary/aromatic N) is 2. The molecule has 1 aliphatic rings. The van der Waals surface area contributed by atoms with E-state index < -0.39 is 0 Å². The van der Waals surface area contributed by atoms with E-state index in [1.54, 1.807) is 0 Å². The Bertz CT molecular complexity index is 375. The molecule has 1 aliphatic heterocycles. The summed E-state index contributed by atoms with van der Waals surface area (Å²) < 4.78 is 0. The van der Waals surface area contributed by atoms with Crippen LogP contribution in [0.4, 0.5) is 0 Å². The summed E-state index contributed by atoms with van der Waals surface area (Å²) >= 11 is 0. The lowest BCUT2D eigenvalue weighted by molar-refractivity contribution is 0.497. The molecular weight excluding hydrogens is 172 g/mol. The van der Waals surface area contributed by atoms with Crippen LogP contribution in [0.3, 0.4) is 0 Å². The van der Waals surface area contributed by atoms with Gasteiger partial charge in [0.15, 0.2) is 0 Å². The fraction of sp³-hybridized carbons (Fsp3) is 0.333. The first-order valence-corrected chi connectivity index (χ1v) is 4.83. The van der Waals surface area contributed by atoms with E-state index in [0.717, 1.165) is 17.8 Å². The summed E-state index contributed by atoms with van der Waals surface area (Å²) in [5, 5.41) is 0. The molecule has 0 unspecified atom stereocenters. The minimum absolute atomic E-state index is 0.203. The summed E-state index contributed by atoms with van der Waals surface area (Å²) in [5.74, 6) is 0. The lowest BCUT2D eigenvalue weighted by Crippen LogP contribution is -2.18. The summed E-state index contributed by atoms with van der Waals surface area (Å²) in [6.45, 7) is 4.42. The zero-order valence-electron chi connectivity index (χ0n) is 8.57. The molecule has 14 heavy (non-hydrogen) atoms. The standard InChI is InChI=1S/C12H14N2/c1-12(2)6-8-14-11(9-12)10-5-3-4-7-13-10/h3-8H,9H2,1-2H3. The van der Waals surface area contributed by atoms with Gasteiger partial charge < -0.3 is 0 Å². The molecule has 2 nitrogen and oxygen atoms in total. The maximum atomic E-state index is 4.37. The van der Waals surface area contributed by atoms with Crippen LogP contribution in [0.1, 0.15) is 26.0 Å². The molecule has 0 bridgehead atoms. The van der Waals surface area contributed by atoms with Crippen molar-refractivity contribution in [1.82, 2.24) is 4.98 Å². The Balaban J connectivity index is 2.30. The Kier molecular flexibility index (Phi) is 2.20. The molecule has 2 heterocycles. The summed E-state index contributed by atoms with van der Waals surface area (Å²) in [4.78, 5) is 8.67. The highest BCUT2D eigenvalue weighted by molar-refractivity contribution is 6.00. The Morgan fingerprint density at radius 3 is 2.79 bits per heavy atom. The van der Waals surface area contributed by atoms with Crippen molar-refractivity contribution in [2.24, 2.45) is 10.4 Å². The van der Waals surface area contributed by atoms with Crippen molar-refractivity contribution in [2.45, 2.75) is 20.3 Å². The predicted molar refractivity (Wildman–Crippen MR) is 58.3 cm³/mol. The largest absolute Gasteiger partial charge is 0.259 e. The first-order valence-electron chi connectivity index (χ1n) is 4.83. The second-order valence-electron chi connectivity index (χ2n) is 4.27. The van der Waals surface area contributed by atoms with Crippen LogP contribution in [0.5, 0.6) is 0 Å². The van der Waals surface area contributed by atoms with Crippen LogP contribution in [0.2, 0.25) is 0 Å². The maximum Gasteiger partial charge on any atom is 0.0844 e. The molecule has 0 saturated carbocycles. The maximum absolute atomic E-state index is 4.37. The van der Waals surface area contributed by atoms with E-state index in [2.05, 4.69) is 29.9 Å². The zero-order valence-corrected chi connectivity index (χ0v) is 8.57. The first-order chi connectivity index (χ1) is 6.67. The van der Waals surface area contributed by atoms with Crippen LogP contribution in [0.15, 0.2) is 41.7 Å². The average Bonchev–Trinajstić information content (AvgIpc) is 2.18. The van der Waals surface area contributed by atoms with Gasteiger partial charge in [0, 0.05) is 18.8 Å². The van der Waals surface area contributed by atoms with E-state index in [9.17, 15) is 0 Å². The van der Waals surface area contributed by atoms with Crippen LogP contribution in [0, 0.1) is 5.41 Å². The van der Waals surface area contributed by atoms with Crippen LogP contribution in [-0.2, 0) is 0 Å².